The summed E-state index contributed by atoms with van der Waals surface area (Å²) in [5.74, 6) is 1.66. The number of hydrogen-bond acceptors (Lipinski definition) is 4. The number of piperidine rings is 1. The van der Waals surface area contributed by atoms with Gasteiger partial charge >= 0.3 is 0 Å². The third-order valence-electron chi connectivity index (χ3n) is 3.32. The maximum absolute atomic E-state index is 5.43. The highest BCUT2D eigenvalue weighted by Crippen LogP contribution is 2.12. The molecule has 1 aliphatic heterocycles. The maximum atomic E-state index is 5.43. The number of oxazole rings is 1. The van der Waals surface area contributed by atoms with Gasteiger partial charge in [0.2, 0.25) is 5.89 Å². The fourth-order valence-corrected chi connectivity index (χ4v) is 2.38. The minimum Gasteiger partial charge on any atom is -0.445 e. The van der Waals surface area contributed by atoms with Crippen LogP contribution < -0.4 is 10.6 Å². The SMILES string of the molecule is Cc1cnc(CNC(C)CC2CCCCN2)o1. The Kier molecular flexibility index (Phi) is 4.57. The van der Waals surface area contributed by atoms with Gasteiger partial charge in [-0.15, -0.1) is 0 Å². The van der Waals surface area contributed by atoms with Gasteiger partial charge in [-0.05, 0) is 39.7 Å². The lowest BCUT2D eigenvalue weighted by atomic mass is 9.99. The molecule has 0 aromatic carbocycles. The van der Waals surface area contributed by atoms with Gasteiger partial charge in [-0.1, -0.05) is 6.42 Å². The minimum atomic E-state index is 0.498. The first-order valence-corrected chi connectivity index (χ1v) is 6.62. The molecule has 0 bridgehead atoms. The maximum Gasteiger partial charge on any atom is 0.208 e. The first-order valence-electron chi connectivity index (χ1n) is 6.62. The summed E-state index contributed by atoms with van der Waals surface area (Å²) < 4.78 is 5.43. The zero-order chi connectivity index (χ0) is 12.1. The van der Waals surface area contributed by atoms with Crippen molar-refractivity contribution in [2.75, 3.05) is 6.54 Å². The molecule has 2 rings (SSSR count). The van der Waals surface area contributed by atoms with Crippen LogP contribution in [0.4, 0.5) is 0 Å². The molecule has 2 heterocycles. The smallest absolute Gasteiger partial charge is 0.208 e. The van der Waals surface area contributed by atoms with Gasteiger partial charge in [-0.2, -0.15) is 0 Å². The Labute approximate surface area is 103 Å². The average molecular weight is 237 g/mol. The van der Waals surface area contributed by atoms with E-state index in [0.717, 1.165) is 18.2 Å². The summed E-state index contributed by atoms with van der Waals surface area (Å²) >= 11 is 0. The number of rotatable bonds is 5. The topological polar surface area (TPSA) is 50.1 Å². The van der Waals surface area contributed by atoms with Crippen LogP contribution in [0.5, 0.6) is 0 Å². The molecule has 0 aliphatic carbocycles. The quantitative estimate of drug-likeness (QED) is 0.822. The third kappa shape index (κ3) is 4.13. The van der Waals surface area contributed by atoms with Crippen molar-refractivity contribution in [2.45, 2.75) is 58.2 Å². The second kappa shape index (κ2) is 6.17. The molecule has 1 aliphatic rings. The van der Waals surface area contributed by atoms with Gasteiger partial charge in [0, 0.05) is 12.1 Å². The lowest BCUT2D eigenvalue weighted by Gasteiger charge is -2.26. The van der Waals surface area contributed by atoms with Crippen LogP contribution in [0.1, 0.15) is 44.3 Å². The first-order chi connectivity index (χ1) is 8.24. The van der Waals surface area contributed by atoms with Crippen LogP contribution in [0.2, 0.25) is 0 Å². The normalized spacial score (nSPS) is 22.6. The zero-order valence-electron chi connectivity index (χ0n) is 10.8. The van der Waals surface area contributed by atoms with Crippen LogP contribution in [0.15, 0.2) is 10.6 Å². The van der Waals surface area contributed by atoms with Gasteiger partial charge in [0.05, 0.1) is 12.7 Å². The van der Waals surface area contributed by atoms with E-state index < -0.39 is 0 Å². The van der Waals surface area contributed by atoms with Crippen molar-refractivity contribution >= 4 is 0 Å². The van der Waals surface area contributed by atoms with Crippen LogP contribution in [0.25, 0.3) is 0 Å². The molecule has 0 saturated carbocycles. The first kappa shape index (κ1) is 12.6. The summed E-state index contributed by atoms with van der Waals surface area (Å²) in [4.78, 5) is 4.19. The Bertz CT molecular complexity index is 331. The predicted octanol–water partition coefficient (Wildman–Crippen LogP) is 1.99. The van der Waals surface area contributed by atoms with Crippen molar-refractivity contribution in [1.82, 2.24) is 15.6 Å². The van der Waals surface area contributed by atoms with E-state index in [1.807, 2.05) is 6.92 Å². The standard InChI is InChI=1S/C13H23N3O/c1-10(7-12-5-3-4-6-14-12)15-9-13-16-8-11(2)17-13/h8,10,12,14-15H,3-7,9H2,1-2H3. The molecule has 17 heavy (non-hydrogen) atoms. The lowest BCUT2D eigenvalue weighted by Crippen LogP contribution is -2.39. The van der Waals surface area contributed by atoms with Gasteiger partial charge in [-0.3, -0.25) is 0 Å². The van der Waals surface area contributed by atoms with Crippen LogP contribution in [0, 0.1) is 6.92 Å². The summed E-state index contributed by atoms with van der Waals surface area (Å²) in [5.41, 5.74) is 0. The van der Waals surface area contributed by atoms with Gasteiger partial charge in [0.1, 0.15) is 5.76 Å². The molecular formula is C13H23N3O. The summed E-state index contributed by atoms with van der Waals surface area (Å²) in [6.07, 6.45) is 6.95. The highest BCUT2D eigenvalue weighted by atomic mass is 16.4. The lowest BCUT2D eigenvalue weighted by molar-refractivity contribution is 0.336. The zero-order valence-corrected chi connectivity index (χ0v) is 10.8. The van der Waals surface area contributed by atoms with E-state index in [9.17, 15) is 0 Å². The molecular weight excluding hydrogens is 214 g/mol. The Balaban J connectivity index is 1.68. The molecule has 1 aromatic rings. The molecule has 2 N–H and O–H groups in total. The van der Waals surface area contributed by atoms with Crippen molar-refractivity contribution in [3.8, 4) is 0 Å². The highest BCUT2D eigenvalue weighted by molar-refractivity contribution is 4.90. The molecule has 0 spiro atoms. The third-order valence-corrected chi connectivity index (χ3v) is 3.32. The van der Waals surface area contributed by atoms with Gasteiger partial charge in [-0.25, -0.2) is 4.98 Å². The van der Waals surface area contributed by atoms with Crippen molar-refractivity contribution in [2.24, 2.45) is 0 Å². The van der Waals surface area contributed by atoms with E-state index in [-0.39, 0.29) is 0 Å². The molecule has 2 unspecified atom stereocenters. The number of aryl methyl sites for hydroxylation is 1. The number of nitrogens with zero attached hydrogens (tertiary/aromatic N) is 1. The molecule has 4 nitrogen and oxygen atoms in total. The minimum absolute atomic E-state index is 0.498. The van der Waals surface area contributed by atoms with E-state index >= 15 is 0 Å². The fourth-order valence-electron chi connectivity index (χ4n) is 2.38. The van der Waals surface area contributed by atoms with Crippen LogP contribution >= 0.6 is 0 Å². The molecule has 0 amide bonds. The molecule has 1 saturated heterocycles. The fraction of sp³-hybridized carbons (Fsp3) is 0.769. The van der Waals surface area contributed by atoms with E-state index in [2.05, 4.69) is 22.5 Å². The highest BCUT2D eigenvalue weighted by Gasteiger charge is 2.15. The van der Waals surface area contributed by atoms with E-state index in [4.69, 9.17) is 4.42 Å². The van der Waals surface area contributed by atoms with E-state index in [1.165, 1.54) is 32.2 Å². The summed E-state index contributed by atoms with van der Waals surface area (Å²) in [5, 5.41) is 7.04. The second-order valence-corrected chi connectivity index (χ2v) is 5.03. The number of hydrogen-bond donors (Lipinski definition) is 2. The van der Waals surface area contributed by atoms with Crippen molar-refractivity contribution < 1.29 is 4.42 Å². The van der Waals surface area contributed by atoms with E-state index in [0.29, 0.717) is 12.1 Å². The summed E-state index contributed by atoms with van der Waals surface area (Å²) in [6.45, 7) is 6.05. The Morgan fingerprint density at radius 1 is 1.59 bits per heavy atom. The van der Waals surface area contributed by atoms with E-state index in [1.54, 1.807) is 6.20 Å². The molecule has 96 valence electrons. The monoisotopic (exact) mass is 237 g/mol. The molecule has 1 fully saturated rings. The largest absolute Gasteiger partial charge is 0.445 e. The molecule has 0 radical (unpaired) electrons. The average Bonchev–Trinajstić information content (AvgIpc) is 2.74. The number of aromatic nitrogens is 1. The Morgan fingerprint density at radius 2 is 2.47 bits per heavy atom. The van der Waals surface area contributed by atoms with Crippen molar-refractivity contribution in [3.63, 3.8) is 0 Å². The molecule has 1 aromatic heterocycles. The van der Waals surface area contributed by atoms with Gasteiger partial charge in [0.25, 0.3) is 0 Å². The predicted molar refractivity (Wildman–Crippen MR) is 67.8 cm³/mol. The Morgan fingerprint density at radius 3 is 3.12 bits per heavy atom. The van der Waals surface area contributed by atoms with Crippen molar-refractivity contribution in [1.29, 1.82) is 0 Å². The van der Waals surface area contributed by atoms with Gasteiger partial charge in [0.15, 0.2) is 0 Å². The summed E-state index contributed by atoms with van der Waals surface area (Å²) in [7, 11) is 0. The van der Waals surface area contributed by atoms with Gasteiger partial charge < -0.3 is 15.1 Å². The molecule has 2 atom stereocenters. The van der Waals surface area contributed by atoms with Crippen LogP contribution in [-0.4, -0.2) is 23.6 Å². The second-order valence-electron chi connectivity index (χ2n) is 5.03. The van der Waals surface area contributed by atoms with Crippen LogP contribution in [0.3, 0.4) is 0 Å². The Hall–Kier alpha value is -0.870. The molecule has 4 heteroatoms. The summed E-state index contributed by atoms with van der Waals surface area (Å²) in [6, 6.07) is 1.18. The van der Waals surface area contributed by atoms with Crippen LogP contribution in [-0.2, 0) is 6.54 Å². The van der Waals surface area contributed by atoms with Crippen molar-refractivity contribution in [3.05, 3.63) is 17.8 Å². The number of nitrogens with one attached hydrogen (secondary N) is 2.